The van der Waals surface area contributed by atoms with Gasteiger partial charge in [0.15, 0.2) is 0 Å². The van der Waals surface area contributed by atoms with Gasteiger partial charge < -0.3 is 10.0 Å². The SMILES string of the molecule is C#CC1(O)CCCN(C)C1.CC. The number of β-amino-alcohol motifs (C(OH)–C–C–N with tert-alkyl or cyclic N) is 1. The average molecular weight is 169 g/mol. The molecule has 0 amide bonds. The molecular weight excluding hydrogens is 150 g/mol. The summed E-state index contributed by atoms with van der Waals surface area (Å²) in [6, 6.07) is 0. The minimum absolute atomic E-state index is 0.615. The van der Waals surface area contributed by atoms with Crippen LogP contribution in [-0.2, 0) is 0 Å². The fraction of sp³-hybridized carbons (Fsp3) is 0.800. The zero-order valence-corrected chi connectivity index (χ0v) is 8.30. The van der Waals surface area contributed by atoms with Crippen molar-refractivity contribution in [3.63, 3.8) is 0 Å². The first kappa shape index (κ1) is 11.5. The van der Waals surface area contributed by atoms with Gasteiger partial charge in [-0.25, -0.2) is 0 Å². The lowest BCUT2D eigenvalue weighted by atomic mass is 9.94. The van der Waals surface area contributed by atoms with Crippen LogP contribution in [0.2, 0.25) is 0 Å². The largest absolute Gasteiger partial charge is 0.376 e. The molecule has 2 heteroatoms. The quantitative estimate of drug-likeness (QED) is 0.549. The molecule has 1 aliphatic rings. The first-order valence-electron chi connectivity index (χ1n) is 4.55. The zero-order chi connectivity index (χ0) is 9.61. The maximum atomic E-state index is 9.57. The highest BCUT2D eigenvalue weighted by atomic mass is 16.3. The molecule has 1 unspecified atom stereocenters. The fourth-order valence-electron chi connectivity index (χ4n) is 1.36. The number of nitrogens with zero attached hydrogens (tertiary/aromatic N) is 1. The van der Waals surface area contributed by atoms with Crippen LogP contribution in [0.1, 0.15) is 26.7 Å². The third-order valence-electron chi connectivity index (χ3n) is 1.93. The monoisotopic (exact) mass is 169 g/mol. The van der Waals surface area contributed by atoms with Crippen molar-refractivity contribution in [3.8, 4) is 12.3 Å². The van der Waals surface area contributed by atoms with E-state index >= 15 is 0 Å². The van der Waals surface area contributed by atoms with Crippen molar-refractivity contribution in [2.75, 3.05) is 20.1 Å². The Morgan fingerprint density at radius 1 is 1.50 bits per heavy atom. The van der Waals surface area contributed by atoms with Crippen LogP contribution >= 0.6 is 0 Å². The molecule has 1 heterocycles. The summed E-state index contributed by atoms with van der Waals surface area (Å²) >= 11 is 0. The van der Waals surface area contributed by atoms with Crippen LogP contribution in [-0.4, -0.2) is 35.7 Å². The minimum Gasteiger partial charge on any atom is -0.376 e. The Bertz CT molecular complexity index is 162. The maximum absolute atomic E-state index is 9.57. The summed E-state index contributed by atoms with van der Waals surface area (Å²) in [6.07, 6.45) is 6.91. The number of aliphatic hydroxyl groups is 1. The van der Waals surface area contributed by atoms with E-state index in [1.54, 1.807) is 0 Å². The van der Waals surface area contributed by atoms with E-state index in [0.717, 1.165) is 19.4 Å². The van der Waals surface area contributed by atoms with Crippen LogP contribution in [0.4, 0.5) is 0 Å². The molecule has 1 rings (SSSR count). The molecule has 0 aromatic rings. The molecule has 0 aliphatic carbocycles. The van der Waals surface area contributed by atoms with Crippen molar-refractivity contribution in [2.45, 2.75) is 32.3 Å². The van der Waals surface area contributed by atoms with Gasteiger partial charge in [0.2, 0.25) is 0 Å². The fourth-order valence-corrected chi connectivity index (χ4v) is 1.36. The second-order valence-corrected chi connectivity index (χ2v) is 3.02. The molecule has 1 saturated heterocycles. The molecule has 1 fully saturated rings. The van der Waals surface area contributed by atoms with E-state index in [4.69, 9.17) is 6.42 Å². The average Bonchev–Trinajstić information content (AvgIpc) is 2.08. The lowest BCUT2D eigenvalue weighted by molar-refractivity contribution is 0.0264. The third-order valence-corrected chi connectivity index (χ3v) is 1.93. The Hall–Kier alpha value is -0.520. The molecule has 0 aromatic heterocycles. The minimum atomic E-state index is -0.854. The van der Waals surface area contributed by atoms with Gasteiger partial charge in [0.25, 0.3) is 0 Å². The van der Waals surface area contributed by atoms with E-state index in [1.165, 1.54) is 0 Å². The van der Waals surface area contributed by atoms with Gasteiger partial charge in [-0.05, 0) is 26.4 Å². The van der Waals surface area contributed by atoms with Crippen molar-refractivity contribution >= 4 is 0 Å². The van der Waals surface area contributed by atoms with Crippen LogP contribution < -0.4 is 0 Å². The summed E-state index contributed by atoms with van der Waals surface area (Å²) in [5, 5.41) is 9.57. The van der Waals surface area contributed by atoms with Gasteiger partial charge in [0, 0.05) is 6.54 Å². The first-order valence-corrected chi connectivity index (χ1v) is 4.55. The van der Waals surface area contributed by atoms with Crippen molar-refractivity contribution in [2.24, 2.45) is 0 Å². The van der Waals surface area contributed by atoms with Crippen LogP contribution in [0, 0.1) is 12.3 Å². The molecule has 1 aliphatic heterocycles. The summed E-state index contributed by atoms with van der Waals surface area (Å²) in [6.45, 7) is 5.66. The molecule has 70 valence electrons. The molecule has 0 aromatic carbocycles. The Labute approximate surface area is 75.6 Å². The highest BCUT2D eigenvalue weighted by Gasteiger charge is 2.28. The topological polar surface area (TPSA) is 23.5 Å². The molecule has 12 heavy (non-hydrogen) atoms. The highest BCUT2D eigenvalue weighted by Crippen LogP contribution is 2.18. The zero-order valence-electron chi connectivity index (χ0n) is 8.30. The van der Waals surface area contributed by atoms with Gasteiger partial charge in [0.05, 0.1) is 0 Å². The number of rotatable bonds is 0. The number of terminal acetylenes is 1. The summed E-state index contributed by atoms with van der Waals surface area (Å²) < 4.78 is 0. The molecule has 0 radical (unpaired) electrons. The Morgan fingerprint density at radius 3 is 2.42 bits per heavy atom. The summed E-state index contributed by atoms with van der Waals surface area (Å²) in [5.41, 5.74) is -0.854. The summed E-state index contributed by atoms with van der Waals surface area (Å²) in [7, 11) is 1.97. The second kappa shape index (κ2) is 5.18. The highest BCUT2D eigenvalue weighted by molar-refractivity contribution is 5.09. The molecule has 2 nitrogen and oxygen atoms in total. The molecule has 1 atom stereocenters. The lowest BCUT2D eigenvalue weighted by Gasteiger charge is -2.33. The number of hydrogen-bond acceptors (Lipinski definition) is 2. The van der Waals surface area contributed by atoms with E-state index in [2.05, 4.69) is 10.8 Å². The van der Waals surface area contributed by atoms with Crippen LogP contribution in [0.3, 0.4) is 0 Å². The number of likely N-dealkylation sites (N-methyl/N-ethyl adjacent to an activating group) is 1. The second-order valence-electron chi connectivity index (χ2n) is 3.02. The summed E-state index contributed by atoms with van der Waals surface area (Å²) in [5.74, 6) is 2.42. The number of likely N-dealkylation sites (tertiary alicyclic amines) is 1. The van der Waals surface area contributed by atoms with Gasteiger partial charge in [-0.1, -0.05) is 19.8 Å². The van der Waals surface area contributed by atoms with Crippen LogP contribution in [0.25, 0.3) is 0 Å². The van der Waals surface area contributed by atoms with E-state index in [1.807, 2.05) is 20.9 Å². The normalized spacial score (nSPS) is 29.9. The summed E-state index contributed by atoms with van der Waals surface area (Å²) in [4.78, 5) is 2.06. The van der Waals surface area contributed by atoms with Gasteiger partial charge >= 0.3 is 0 Å². The molecule has 0 saturated carbocycles. The Morgan fingerprint density at radius 2 is 2.08 bits per heavy atom. The molecule has 1 N–H and O–H groups in total. The van der Waals surface area contributed by atoms with Gasteiger partial charge in [-0.15, -0.1) is 6.42 Å². The Balaban J connectivity index is 0.000000561. The number of piperidine rings is 1. The predicted molar refractivity (Wildman–Crippen MR) is 51.9 cm³/mol. The Kier molecular flexibility index (Phi) is 4.96. The van der Waals surface area contributed by atoms with Crippen molar-refractivity contribution < 1.29 is 5.11 Å². The van der Waals surface area contributed by atoms with E-state index in [9.17, 15) is 5.11 Å². The van der Waals surface area contributed by atoms with Crippen molar-refractivity contribution in [1.82, 2.24) is 4.90 Å². The molecule has 0 bridgehead atoms. The van der Waals surface area contributed by atoms with E-state index in [0.29, 0.717) is 6.54 Å². The van der Waals surface area contributed by atoms with Gasteiger partial charge in [-0.3, -0.25) is 0 Å². The third kappa shape index (κ3) is 3.25. The maximum Gasteiger partial charge on any atom is 0.137 e. The van der Waals surface area contributed by atoms with Crippen LogP contribution in [0.15, 0.2) is 0 Å². The number of hydrogen-bond donors (Lipinski definition) is 1. The van der Waals surface area contributed by atoms with Gasteiger partial charge in [0.1, 0.15) is 5.60 Å². The first-order chi connectivity index (χ1) is 5.66. The lowest BCUT2D eigenvalue weighted by Crippen LogP contribution is -2.45. The van der Waals surface area contributed by atoms with Crippen LogP contribution in [0.5, 0.6) is 0 Å². The smallest absolute Gasteiger partial charge is 0.137 e. The van der Waals surface area contributed by atoms with Crippen molar-refractivity contribution in [3.05, 3.63) is 0 Å². The standard InChI is InChI=1S/C8H13NO.C2H6/c1-3-8(10)5-4-6-9(2)7-8;1-2/h1,10H,4-7H2,2H3;1-2H3. The molecule has 0 spiro atoms. The van der Waals surface area contributed by atoms with E-state index < -0.39 is 5.60 Å². The van der Waals surface area contributed by atoms with Crippen molar-refractivity contribution in [1.29, 1.82) is 0 Å². The van der Waals surface area contributed by atoms with Gasteiger partial charge in [-0.2, -0.15) is 0 Å². The predicted octanol–water partition coefficient (Wildman–Crippen LogP) is 1.10. The molecular formula is C10H19NO. The van der Waals surface area contributed by atoms with E-state index in [-0.39, 0.29) is 0 Å².